The summed E-state index contributed by atoms with van der Waals surface area (Å²) in [5, 5.41) is 3.23. The van der Waals surface area contributed by atoms with Crippen molar-refractivity contribution >= 4 is 5.97 Å². The lowest BCUT2D eigenvalue weighted by molar-refractivity contribution is -0.150. The van der Waals surface area contributed by atoms with Crippen molar-refractivity contribution in [1.82, 2.24) is 10.2 Å². The minimum Gasteiger partial charge on any atom is -0.465 e. The number of nitrogens with zero attached hydrogens (tertiary/aromatic N) is 1. The average Bonchev–Trinajstić information content (AvgIpc) is 2.35. The second-order valence-electron chi connectivity index (χ2n) is 4.98. The number of hydrogen-bond acceptors (Lipinski definition) is 5. The molecule has 1 N–H and O–H groups in total. The Morgan fingerprint density at radius 2 is 2.28 bits per heavy atom. The fourth-order valence-electron chi connectivity index (χ4n) is 1.99. The molecule has 5 nitrogen and oxygen atoms in total. The Morgan fingerprint density at radius 3 is 2.94 bits per heavy atom. The molecule has 0 aliphatic carbocycles. The molecule has 1 unspecified atom stereocenters. The SMILES string of the molecule is CCOC(=O)C1CNCCN1CCOCC(C)C. The number of ether oxygens (including phenoxy) is 2. The van der Waals surface area contributed by atoms with E-state index >= 15 is 0 Å². The molecule has 0 bridgehead atoms. The molecule has 1 atom stereocenters. The van der Waals surface area contributed by atoms with E-state index in [9.17, 15) is 4.79 Å². The van der Waals surface area contributed by atoms with Crippen LogP contribution in [0.15, 0.2) is 0 Å². The van der Waals surface area contributed by atoms with Crippen LogP contribution in [0.5, 0.6) is 0 Å². The minimum atomic E-state index is -0.165. The number of esters is 1. The molecule has 1 fully saturated rings. The number of carbonyl (C=O) groups excluding carboxylic acids is 1. The number of rotatable bonds is 7. The van der Waals surface area contributed by atoms with Crippen LogP contribution in [-0.2, 0) is 14.3 Å². The van der Waals surface area contributed by atoms with Crippen LogP contribution in [0, 0.1) is 5.92 Å². The fraction of sp³-hybridized carbons (Fsp3) is 0.923. The summed E-state index contributed by atoms with van der Waals surface area (Å²) in [6.07, 6.45) is 0. The molecular formula is C13H26N2O3. The first-order valence-corrected chi connectivity index (χ1v) is 6.84. The first-order chi connectivity index (χ1) is 8.65. The van der Waals surface area contributed by atoms with Gasteiger partial charge < -0.3 is 14.8 Å². The molecule has 18 heavy (non-hydrogen) atoms. The summed E-state index contributed by atoms with van der Waals surface area (Å²) in [7, 11) is 0. The molecule has 1 heterocycles. The highest BCUT2D eigenvalue weighted by Crippen LogP contribution is 2.05. The minimum absolute atomic E-state index is 0.131. The third kappa shape index (κ3) is 5.33. The standard InChI is InChI=1S/C13H26N2O3/c1-4-18-13(16)12-9-14-5-6-15(12)7-8-17-10-11(2)3/h11-12,14H,4-10H2,1-3H3. The summed E-state index contributed by atoms with van der Waals surface area (Å²) in [6.45, 7) is 11.2. The maximum atomic E-state index is 11.8. The lowest BCUT2D eigenvalue weighted by Crippen LogP contribution is -2.56. The molecule has 1 saturated heterocycles. The molecule has 0 aromatic carbocycles. The van der Waals surface area contributed by atoms with Crippen molar-refractivity contribution in [3.05, 3.63) is 0 Å². The Bertz CT molecular complexity index is 246. The first-order valence-electron chi connectivity index (χ1n) is 6.84. The van der Waals surface area contributed by atoms with E-state index in [0.29, 0.717) is 25.7 Å². The molecule has 1 aliphatic heterocycles. The summed E-state index contributed by atoms with van der Waals surface area (Å²) in [4.78, 5) is 14.0. The highest BCUT2D eigenvalue weighted by molar-refractivity contribution is 5.76. The monoisotopic (exact) mass is 258 g/mol. The van der Waals surface area contributed by atoms with E-state index in [1.807, 2.05) is 6.92 Å². The summed E-state index contributed by atoms with van der Waals surface area (Å²) in [5.74, 6) is 0.419. The van der Waals surface area contributed by atoms with Crippen LogP contribution in [0.3, 0.4) is 0 Å². The molecule has 0 aromatic heterocycles. The lowest BCUT2D eigenvalue weighted by Gasteiger charge is -2.34. The molecule has 1 rings (SSSR count). The van der Waals surface area contributed by atoms with Crippen molar-refractivity contribution in [2.24, 2.45) is 5.92 Å². The van der Waals surface area contributed by atoms with Gasteiger partial charge in [0.1, 0.15) is 6.04 Å². The lowest BCUT2D eigenvalue weighted by atomic mass is 10.2. The Kier molecular flexibility index (Phi) is 7.23. The third-order valence-corrected chi connectivity index (χ3v) is 2.89. The van der Waals surface area contributed by atoms with Crippen LogP contribution < -0.4 is 5.32 Å². The van der Waals surface area contributed by atoms with Gasteiger partial charge in [0.2, 0.25) is 0 Å². The first kappa shape index (κ1) is 15.4. The van der Waals surface area contributed by atoms with E-state index in [1.54, 1.807) is 0 Å². The van der Waals surface area contributed by atoms with Crippen molar-refractivity contribution < 1.29 is 14.3 Å². The highest BCUT2D eigenvalue weighted by Gasteiger charge is 2.29. The third-order valence-electron chi connectivity index (χ3n) is 2.89. The predicted molar refractivity (Wildman–Crippen MR) is 70.5 cm³/mol. The molecule has 0 aromatic rings. The van der Waals surface area contributed by atoms with Crippen LogP contribution in [0.1, 0.15) is 20.8 Å². The number of nitrogens with one attached hydrogen (secondary N) is 1. The largest absolute Gasteiger partial charge is 0.465 e. The maximum absolute atomic E-state index is 11.8. The number of piperazine rings is 1. The van der Waals surface area contributed by atoms with Gasteiger partial charge in [-0.15, -0.1) is 0 Å². The van der Waals surface area contributed by atoms with Gasteiger partial charge in [0, 0.05) is 32.8 Å². The second kappa shape index (κ2) is 8.45. The Morgan fingerprint density at radius 1 is 1.50 bits per heavy atom. The van der Waals surface area contributed by atoms with Crippen LogP contribution in [0.2, 0.25) is 0 Å². The van der Waals surface area contributed by atoms with E-state index in [-0.39, 0.29) is 12.0 Å². The zero-order chi connectivity index (χ0) is 13.4. The van der Waals surface area contributed by atoms with Crippen LogP contribution in [0.25, 0.3) is 0 Å². The molecule has 106 valence electrons. The van der Waals surface area contributed by atoms with Gasteiger partial charge in [-0.3, -0.25) is 9.69 Å². The predicted octanol–water partition coefficient (Wildman–Crippen LogP) is 0.496. The van der Waals surface area contributed by atoms with Gasteiger partial charge in [-0.25, -0.2) is 0 Å². The highest BCUT2D eigenvalue weighted by atomic mass is 16.5. The molecule has 0 spiro atoms. The summed E-state index contributed by atoms with van der Waals surface area (Å²) >= 11 is 0. The van der Waals surface area contributed by atoms with Crippen molar-refractivity contribution in [2.75, 3.05) is 46.0 Å². The van der Waals surface area contributed by atoms with E-state index in [2.05, 4.69) is 24.1 Å². The van der Waals surface area contributed by atoms with Gasteiger partial charge in [-0.1, -0.05) is 13.8 Å². The molecule has 0 saturated carbocycles. The van der Waals surface area contributed by atoms with Gasteiger partial charge in [0.15, 0.2) is 0 Å². The van der Waals surface area contributed by atoms with Crippen molar-refractivity contribution in [2.45, 2.75) is 26.8 Å². The van der Waals surface area contributed by atoms with Gasteiger partial charge in [0.05, 0.1) is 13.2 Å². The Labute approximate surface area is 110 Å². The van der Waals surface area contributed by atoms with Gasteiger partial charge in [-0.05, 0) is 12.8 Å². The van der Waals surface area contributed by atoms with Crippen LogP contribution in [0.4, 0.5) is 0 Å². The van der Waals surface area contributed by atoms with Crippen LogP contribution in [-0.4, -0.2) is 62.9 Å². The Hall–Kier alpha value is -0.650. The molecule has 0 radical (unpaired) electrons. The number of hydrogen-bond donors (Lipinski definition) is 1. The second-order valence-corrected chi connectivity index (χ2v) is 4.98. The smallest absolute Gasteiger partial charge is 0.324 e. The van der Waals surface area contributed by atoms with Gasteiger partial charge in [-0.2, -0.15) is 0 Å². The van der Waals surface area contributed by atoms with Gasteiger partial charge >= 0.3 is 5.97 Å². The van der Waals surface area contributed by atoms with Gasteiger partial charge in [0.25, 0.3) is 0 Å². The zero-order valence-corrected chi connectivity index (χ0v) is 11.8. The summed E-state index contributed by atoms with van der Waals surface area (Å²) in [5.41, 5.74) is 0. The summed E-state index contributed by atoms with van der Waals surface area (Å²) in [6, 6.07) is -0.165. The number of carbonyl (C=O) groups is 1. The van der Waals surface area contributed by atoms with Crippen molar-refractivity contribution in [3.63, 3.8) is 0 Å². The zero-order valence-electron chi connectivity index (χ0n) is 11.8. The van der Waals surface area contributed by atoms with Crippen molar-refractivity contribution in [3.8, 4) is 0 Å². The fourth-order valence-corrected chi connectivity index (χ4v) is 1.99. The van der Waals surface area contributed by atoms with Crippen molar-refractivity contribution in [1.29, 1.82) is 0 Å². The molecule has 0 amide bonds. The molecular weight excluding hydrogens is 232 g/mol. The average molecular weight is 258 g/mol. The molecule has 5 heteroatoms. The van der Waals surface area contributed by atoms with Crippen LogP contribution >= 0.6 is 0 Å². The van der Waals surface area contributed by atoms with E-state index in [1.165, 1.54) is 0 Å². The normalized spacial score (nSPS) is 21.2. The molecule has 1 aliphatic rings. The van der Waals surface area contributed by atoms with E-state index in [4.69, 9.17) is 9.47 Å². The van der Waals surface area contributed by atoms with E-state index < -0.39 is 0 Å². The topological polar surface area (TPSA) is 50.8 Å². The maximum Gasteiger partial charge on any atom is 0.324 e. The van der Waals surface area contributed by atoms with E-state index in [0.717, 1.165) is 26.2 Å². The summed E-state index contributed by atoms with van der Waals surface area (Å²) < 4.78 is 10.7. The Balaban J connectivity index is 2.32. The quantitative estimate of drug-likeness (QED) is 0.532.